The van der Waals surface area contributed by atoms with Gasteiger partial charge in [0.05, 0.1) is 34.5 Å². The number of pyridine rings is 3. The average Bonchev–Trinajstić information content (AvgIpc) is 3.25. The third-order valence-electron chi connectivity index (χ3n) is 7.43. The number of nitrogens with zero attached hydrogens (tertiary/aromatic N) is 3. The molecular formula is C27H24BrN3O5. The lowest BCUT2D eigenvalue weighted by Crippen LogP contribution is -2.44. The molecule has 36 heavy (non-hydrogen) atoms. The highest BCUT2D eigenvalue weighted by Gasteiger charge is 2.45. The summed E-state index contributed by atoms with van der Waals surface area (Å²) in [5, 5.41) is 22.5. The van der Waals surface area contributed by atoms with Crippen molar-refractivity contribution in [1.29, 1.82) is 0 Å². The van der Waals surface area contributed by atoms with Gasteiger partial charge in [0.2, 0.25) is 0 Å². The molecule has 6 rings (SSSR count). The quantitative estimate of drug-likeness (QED) is 0.195. The summed E-state index contributed by atoms with van der Waals surface area (Å²) < 4.78 is 7.71. The lowest BCUT2D eigenvalue weighted by atomic mass is 9.86. The van der Waals surface area contributed by atoms with Crippen LogP contribution in [0.5, 0.6) is 0 Å². The van der Waals surface area contributed by atoms with Crippen molar-refractivity contribution in [3.63, 3.8) is 0 Å². The number of unbranched alkanes of at least 4 members (excludes halogenated alkanes) is 1. The van der Waals surface area contributed by atoms with Crippen LogP contribution in [0.15, 0.2) is 39.7 Å². The smallest absolute Gasteiger partial charge is 0.343 e. The first-order valence-electron chi connectivity index (χ1n) is 12.0. The number of fused-ring (bicyclic) bond motifs is 7. The number of hydrogen-bond acceptors (Lipinski definition) is 7. The van der Waals surface area contributed by atoms with Crippen molar-refractivity contribution in [2.75, 3.05) is 6.61 Å². The predicted molar refractivity (Wildman–Crippen MR) is 138 cm³/mol. The van der Waals surface area contributed by atoms with Gasteiger partial charge in [0.15, 0.2) is 5.60 Å². The molecule has 2 aliphatic heterocycles. The predicted octanol–water partition coefficient (Wildman–Crippen LogP) is 3.71. The van der Waals surface area contributed by atoms with E-state index in [1.54, 1.807) is 23.8 Å². The lowest BCUT2D eigenvalue weighted by molar-refractivity contribution is -0.172. The van der Waals surface area contributed by atoms with Crippen molar-refractivity contribution in [3.8, 4) is 11.4 Å². The summed E-state index contributed by atoms with van der Waals surface area (Å²) in [5.74, 6) is -0.735. The van der Waals surface area contributed by atoms with Crippen LogP contribution in [0.1, 0.15) is 48.4 Å². The summed E-state index contributed by atoms with van der Waals surface area (Å²) in [5.41, 5.74) is 3.40. The van der Waals surface area contributed by atoms with Crippen LogP contribution >= 0.6 is 15.9 Å². The zero-order valence-corrected chi connectivity index (χ0v) is 21.3. The second kappa shape index (κ2) is 8.47. The van der Waals surface area contributed by atoms with Gasteiger partial charge in [0.1, 0.15) is 6.61 Å². The molecule has 1 aromatic carbocycles. The van der Waals surface area contributed by atoms with E-state index in [0.29, 0.717) is 41.9 Å². The summed E-state index contributed by atoms with van der Waals surface area (Å²) in [7, 11) is 0. The number of aliphatic hydroxyl groups is 2. The molecule has 0 bridgehead atoms. The van der Waals surface area contributed by atoms with Crippen LogP contribution in [0.4, 0.5) is 0 Å². The van der Waals surface area contributed by atoms with Gasteiger partial charge in [-0.2, -0.15) is 0 Å². The molecule has 2 N–H and O–H groups in total. The fraction of sp³-hybridized carbons (Fsp3) is 0.333. The second-order valence-corrected chi connectivity index (χ2v) is 10.3. The van der Waals surface area contributed by atoms with Crippen molar-refractivity contribution in [2.45, 2.75) is 51.4 Å². The maximum atomic E-state index is 13.6. The zero-order chi connectivity index (χ0) is 25.2. The minimum Gasteiger partial charge on any atom is -0.458 e. The summed E-state index contributed by atoms with van der Waals surface area (Å²) in [6, 6.07) is 7.64. The Morgan fingerprint density at radius 1 is 1.17 bits per heavy atom. The van der Waals surface area contributed by atoms with E-state index in [4.69, 9.17) is 9.72 Å². The largest absolute Gasteiger partial charge is 0.458 e. The van der Waals surface area contributed by atoms with Gasteiger partial charge >= 0.3 is 5.97 Å². The molecule has 2 aliphatic rings. The van der Waals surface area contributed by atoms with Crippen molar-refractivity contribution in [1.82, 2.24) is 14.5 Å². The number of aryl methyl sites for hydroxylation is 1. The van der Waals surface area contributed by atoms with Crippen molar-refractivity contribution < 1.29 is 19.7 Å². The van der Waals surface area contributed by atoms with Gasteiger partial charge in [-0.05, 0) is 71.4 Å². The summed E-state index contributed by atoms with van der Waals surface area (Å²) >= 11 is 3.54. The Balaban J connectivity index is 1.65. The normalized spacial score (nSPS) is 18.3. The first-order chi connectivity index (χ1) is 17.4. The van der Waals surface area contributed by atoms with Crippen molar-refractivity contribution >= 4 is 43.7 Å². The Bertz CT molecular complexity index is 1650. The molecule has 0 aliphatic carbocycles. The highest BCUT2D eigenvalue weighted by atomic mass is 79.9. The molecule has 3 aromatic heterocycles. The Hall–Kier alpha value is -3.14. The molecule has 9 heteroatoms. The fourth-order valence-electron chi connectivity index (χ4n) is 5.54. The number of hydrogen-bond donors (Lipinski definition) is 2. The SMILES string of the molecule is CC[C@@]1(O)C(=O)OCc2c1cc1n(c2=O)Cc2c-1nc1ccc3ncc(Br)cc3c1c2CCCCO. The van der Waals surface area contributed by atoms with Crippen LogP contribution in [-0.4, -0.2) is 37.3 Å². The van der Waals surface area contributed by atoms with Crippen LogP contribution in [0.2, 0.25) is 0 Å². The van der Waals surface area contributed by atoms with Crippen LogP contribution < -0.4 is 5.56 Å². The summed E-state index contributed by atoms with van der Waals surface area (Å²) in [6.45, 7) is 1.98. The van der Waals surface area contributed by atoms with Crippen LogP contribution in [0.3, 0.4) is 0 Å². The highest BCUT2D eigenvalue weighted by Crippen LogP contribution is 2.42. The first kappa shape index (κ1) is 23.3. The third kappa shape index (κ3) is 3.26. The molecular weight excluding hydrogens is 526 g/mol. The van der Waals surface area contributed by atoms with Crippen LogP contribution in [0, 0.1) is 0 Å². The number of aliphatic hydroxyl groups excluding tert-OH is 1. The fourth-order valence-corrected chi connectivity index (χ4v) is 5.87. The summed E-state index contributed by atoms with van der Waals surface area (Å²) in [6.07, 6.45) is 4.00. The molecule has 1 atom stereocenters. The van der Waals surface area contributed by atoms with Crippen LogP contribution in [0.25, 0.3) is 33.2 Å². The van der Waals surface area contributed by atoms with Gasteiger partial charge in [0, 0.05) is 39.2 Å². The van der Waals surface area contributed by atoms with Crippen LogP contribution in [-0.2, 0) is 34.7 Å². The van der Waals surface area contributed by atoms with E-state index in [1.807, 2.05) is 18.2 Å². The van der Waals surface area contributed by atoms with Gasteiger partial charge in [-0.15, -0.1) is 0 Å². The van der Waals surface area contributed by atoms with E-state index in [2.05, 4.69) is 20.9 Å². The molecule has 4 aromatic rings. The van der Waals surface area contributed by atoms with E-state index >= 15 is 0 Å². The van der Waals surface area contributed by atoms with Gasteiger partial charge in [-0.3, -0.25) is 9.78 Å². The van der Waals surface area contributed by atoms with Gasteiger partial charge < -0.3 is 19.5 Å². The lowest BCUT2D eigenvalue weighted by Gasteiger charge is -2.31. The topological polar surface area (TPSA) is 115 Å². The maximum Gasteiger partial charge on any atom is 0.343 e. The van der Waals surface area contributed by atoms with E-state index in [9.17, 15) is 19.8 Å². The van der Waals surface area contributed by atoms with E-state index < -0.39 is 11.6 Å². The monoisotopic (exact) mass is 549 g/mol. The molecule has 0 saturated carbocycles. The number of esters is 1. The number of benzene rings is 1. The van der Waals surface area contributed by atoms with Crippen molar-refractivity contribution in [2.24, 2.45) is 0 Å². The van der Waals surface area contributed by atoms with Gasteiger partial charge in [-0.25, -0.2) is 9.78 Å². The number of halogens is 1. The molecule has 0 amide bonds. The Morgan fingerprint density at radius 3 is 2.75 bits per heavy atom. The van der Waals surface area contributed by atoms with Crippen molar-refractivity contribution in [3.05, 3.63) is 67.5 Å². The molecule has 0 saturated heterocycles. The third-order valence-corrected chi connectivity index (χ3v) is 7.86. The molecule has 0 unspecified atom stereocenters. The minimum absolute atomic E-state index is 0.0972. The van der Waals surface area contributed by atoms with E-state index in [-0.39, 0.29) is 25.2 Å². The second-order valence-electron chi connectivity index (χ2n) is 9.38. The Kier molecular flexibility index (Phi) is 5.47. The minimum atomic E-state index is -1.86. The summed E-state index contributed by atoms with van der Waals surface area (Å²) in [4.78, 5) is 35.6. The molecule has 8 nitrogen and oxygen atoms in total. The zero-order valence-electron chi connectivity index (χ0n) is 19.7. The Labute approximate surface area is 214 Å². The average molecular weight is 550 g/mol. The number of carbonyl (C=O) groups is 1. The Morgan fingerprint density at radius 2 is 1.97 bits per heavy atom. The van der Waals surface area contributed by atoms with Gasteiger partial charge in [0.25, 0.3) is 5.56 Å². The molecule has 0 fully saturated rings. The molecule has 0 spiro atoms. The van der Waals surface area contributed by atoms with E-state index in [0.717, 1.165) is 43.8 Å². The molecule has 5 heterocycles. The number of rotatable bonds is 5. The van der Waals surface area contributed by atoms with Gasteiger partial charge in [-0.1, -0.05) is 6.92 Å². The number of carbonyl (C=O) groups excluding carboxylic acids is 1. The number of ether oxygens (including phenoxy) is 1. The molecule has 184 valence electrons. The standard InChI is InChI=1S/C27H24BrN3O5/c1-2-27(35)19-10-22-24-17(12-31(22)25(33)18(19)13-36-26(27)34)15(5-3-4-8-32)23-16-9-14(28)11-29-20(16)6-7-21(23)30-24/h6-7,9-11,32,35H,2-5,8,12-13H2,1H3/t27-/m0/s1. The molecule has 0 radical (unpaired) electrons. The number of cyclic esters (lactones) is 1. The highest BCUT2D eigenvalue weighted by molar-refractivity contribution is 9.10. The first-order valence-corrected chi connectivity index (χ1v) is 12.8. The van der Waals surface area contributed by atoms with E-state index in [1.165, 1.54) is 0 Å². The maximum absolute atomic E-state index is 13.6. The number of aromatic nitrogens is 3.